The minimum absolute atomic E-state index is 0.608. The number of benzene rings is 1. The third kappa shape index (κ3) is 7.46. The highest BCUT2D eigenvalue weighted by Gasteiger charge is 2.00. The van der Waals surface area contributed by atoms with Gasteiger partial charge in [0, 0.05) is 12.6 Å². The summed E-state index contributed by atoms with van der Waals surface area (Å²) in [4.78, 5) is 0. The topological polar surface area (TPSA) is 21.3 Å². The molecule has 0 saturated heterocycles. The molecule has 0 aliphatic carbocycles. The Hall–Kier alpha value is -0.860. The van der Waals surface area contributed by atoms with Gasteiger partial charge in [-0.2, -0.15) is 0 Å². The summed E-state index contributed by atoms with van der Waals surface area (Å²) in [6.45, 7) is 6.95. The Balaban J connectivity index is 1.95. The maximum Gasteiger partial charge on any atom is 0.0717 e. The zero-order valence-electron chi connectivity index (χ0n) is 11.8. The number of hydrogen-bond donors (Lipinski definition) is 1. The van der Waals surface area contributed by atoms with E-state index in [1.54, 1.807) is 0 Å². The molecule has 2 heteroatoms. The average Bonchev–Trinajstić information content (AvgIpc) is 2.40. The van der Waals surface area contributed by atoms with Gasteiger partial charge in [-0.3, -0.25) is 0 Å². The van der Waals surface area contributed by atoms with Crippen molar-refractivity contribution in [2.75, 3.05) is 13.2 Å². The molecule has 1 rings (SSSR count). The molecule has 18 heavy (non-hydrogen) atoms. The van der Waals surface area contributed by atoms with Crippen LogP contribution in [0.4, 0.5) is 0 Å². The Morgan fingerprint density at radius 1 is 1.17 bits per heavy atom. The summed E-state index contributed by atoms with van der Waals surface area (Å²) in [6, 6.07) is 10.9. The zero-order valence-corrected chi connectivity index (χ0v) is 11.8. The fourth-order valence-corrected chi connectivity index (χ4v) is 1.94. The van der Waals surface area contributed by atoms with Crippen LogP contribution in [0.2, 0.25) is 0 Å². The molecule has 2 nitrogen and oxygen atoms in total. The minimum atomic E-state index is 0.608. The summed E-state index contributed by atoms with van der Waals surface area (Å²) in [5.41, 5.74) is 1.24. The molecule has 102 valence electrons. The van der Waals surface area contributed by atoms with Crippen LogP contribution in [-0.2, 0) is 11.3 Å². The Labute approximate surface area is 112 Å². The summed E-state index contributed by atoms with van der Waals surface area (Å²) < 4.78 is 5.63. The highest BCUT2D eigenvalue weighted by atomic mass is 16.5. The molecule has 0 amide bonds. The smallest absolute Gasteiger partial charge is 0.0717 e. The zero-order chi connectivity index (χ0) is 13.1. The number of ether oxygens (including phenoxy) is 1. The van der Waals surface area contributed by atoms with E-state index in [2.05, 4.69) is 31.3 Å². The second-order valence-corrected chi connectivity index (χ2v) is 4.89. The molecule has 0 fully saturated rings. The van der Waals surface area contributed by atoms with Gasteiger partial charge in [-0.25, -0.2) is 0 Å². The van der Waals surface area contributed by atoms with E-state index in [-0.39, 0.29) is 0 Å². The lowest BCUT2D eigenvalue weighted by atomic mass is 10.1. The molecule has 1 unspecified atom stereocenters. The van der Waals surface area contributed by atoms with Gasteiger partial charge in [-0.1, -0.05) is 56.5 Å². The highest BCUT2D eigenvalue weighted by molar-refractivity contribution is 5.13. The summed E-state index contributed by atoms with van der Waals surface area (Å²) in [5.74, 6) is 0. The second kappa shape index (κ2) is 10.1. The first-order valence-corrected chi connectivity index (χ1v) is 7.18. The van der Waals surface area contributed by atoms with Crippen LogP contribution in [-0.4, -0.2) is 19.2 Å². The van der Waals surface area contributed by atoms with Crippen LogP contribution < -0.4 is 5.32 Å². The maximum absolute atomic E-state index is 5.63. The van der Waals surface area contributed by atoms with Crippen LogP contribution in [0.5, 0.6) is 0 Å². The van der Waals surface area contributed by atoms with Crippen molar-refractivity contribution in [2.24, 2.45) is 0 Å². The van der Waals surface area contributed by atoms with Crippen molar-refractivity contribution in [2.45, 2.75) is 52.2 Å². The average molecular weight is 249 g/mol. The van der Waals surface area contributed by atoms with Gasteiger partial charge in [0.25, 0.3) is 0 Å². The molecule has 0 spiro atoms. The van der Waals surface area contributed by atoms with Crippen molar-refractivity contribution < 1.29 is 4.74 Å². The standard InChI is InChI=1S/C16H27NO/c1-3-4-6-9-15(2)17-12-13-18-14-16-10-7-5-8-11-16/h5,7-8,10-11,15,17H,3-4,6,9,12-14H2,1-2H3. The normalized spacial score (nSPS) is 12.6. The molecule has 0 aromatic heterocycles. The van der Waals surface area contributed by atoms with E-state index >= 15 is 0 Å². The maximum atomic E-state index is 5.63. The molecule has 0 heterocycles. The molecule has 0 radical (unpaired) electrons. The van der Waals surface area contributed by atoms with Crippen LogP contribution in [0.25, 0.3) is 0 Å². The Kier molecular flexibility index (Phi) is 8.53. The van der Waals surface area contributed by atoms with Crippen molar-refractivity contribution in [1.29, 1.82) is 0 Å². The second-order valence-electron chi connectivity index (χ2n) is 4.89. The monoisotopic (exact) mass is 249 g/mol. The number of nitrogens with one attached hydrogen (secondary N) is 1. The van der Waals surface area contributed by atoms with Gasteiger partial charge in [0.15, 0.2) is 0 Å². The summed E-state index contributed by atoms with van der Waals surface area (Å²) in [5, 5.41) is 3.50. The van der Waals surface area contributed by atoms with Gasteiger partial charge in [-0.15, -0.1) is 0 Å². The SMILES string of the molecule is CCCCCC(C)NCCOCc1ccccc1. The lowest BCUT2D eigenvalue weighted by Gasteiger charge is -2.13. The van der Waals surface area contributed by atoms with Crippen molar-refractivity contribution in [3.8, 4) is 0 Å². The highest BCUT2D eigenvalue weighted by Crippen LogP contribution is 2.03. The van der Waals surface area contributed by atoms with Gasteiger partial charge in [-0.05, 0) is 18.9 Å². The van der Waals surface area contributed by atoms with Gasteiger partial charge < -0.3 is 10.1 Å². The van der Waals surface area contributed by atoms with Crippen molar-refractivity contribution in [1.82, 2.24) is 5.32 Å². The van der Waals surface area contributed by atoms with Crippen molar-refractivity contribution in [3.63, 3.8) is 0 Å². The van der Waals surface area contributed by atoms with Crippen molar-refractivity contribution in [3.05, 3.63) is 35.9 Å². The van der Waals surface area contributed by atoms with E-state index < -0.39 is 0 Å². The Morgan fingerprint density at radius 3 is 2.67 bits per heavy atom. The fourth-order valence-electron chi connectivity index (χ4n) is 1.94. The number of unbranched alkanes of at least 4 members (excludes halogenated alkanes) is 2. The predicted octanol–water partition coefficient (Wildman–Crippen LogP) is 3.76. The lowest BCUT2D eigenvalue weighted by Crippen LogP contribution is -2.29. The number of hydrogen-bond acceptors (Lipinski definition) is 2. The Morgan fingerprint density at radius 2 is 1.94 bits per heavy atom. The molecule has 0 bridgehead atoms. The molecule has 0 aliphatic rings. The fraction of sp³-hybridized carbons (Fsp3) is 0.625. The molecular formula is C16H27NO. The first-order chi connectivity index (χ1) is 8.83. The van der Waals surface area contributed by atoms with E-state index in [0.717, 1.165) is 13.2 Å². The van der Waals surface area contributed by atoms with Gasteiger partial charge in [0.1, 0.15) is 0 Å². The van der Waals surface area contributed by atoms with E-state index in [9.17, 15) is 0 Å². The molecule has 1 atom stereocenters. The van der Waals surface area contributed by atoms with Crippen LogP contribution >= 0.6 is 0 Å². The van der Waals surface area contributed by atoms with Crippen LogP contribution in [0.3, 0.4) is 0 Å². The van der Waals surface area contributed by atoms with Crippen LogP contribution in [0.15, 0.2) is 30.3 Å². The summed E-state index contributed by atoms with van der Waals surface area (Å²) in [7, 11) is 0. The quantitative estimate of drug-likeness (QED) is 0.637. The molecular weight excluding hydrogens is 222 g/mol. The van der Waals surface area contributed by atoms with Gasteiger partial charge in [0.05, 0.1) is 13.2 Å². The van der Waals surface area contributed by atoms with Crippen LogP contribution in [0, 0.1) is 0 Å². The largest absolute Gasteiger partial charge is 0.375 e. The van der Waals surface area contributed by atoms with Crippen LogP contribution in [0.1, 0.15) is 45.1 Å². The third-order valence-corrected chi connectivity index (χ3v) is 3.09. The lowest BCUT2D eigenvalue weighted by molar-refractivity contribution is 0.120. The molecule has 0 saturated carbocycles. The predicted molar refractivity (Wildman–Crippen MR) is 77.7 cm³/mol. The van der Waals surface area contributed by atoms with E-state index in [4.69, 9.17) is 4.74 Å². The molecule has 1 aromatic rings. The Bertz CT molecular complexity index is 286. The number of rotatable bonds is 10. The first-order valence-electron chi connectivity index (χ1n) is 7.18. The minimum Gasteiger partial charge on any atom is -0.375 e. The van der Waals surface area contributed by atoms with Gasteiger partial charge in [0.2, 0.25) is 0 Å². The molecule has 1 aromatic carbocycles. The van der Waals surface area contributed by atoms with E-state index in [0.29, 0.717) is 12.6 Å². The summed E-state index contributed by atoms with van der Waals surface area (Å²) in [6.07, 6.45) is 5.24. The molecule has 0 aliphatic heterocycles. The first kappa shape index (κ1) is 15.2. The van der Waals surface area contributed by atoms with Crippen molar-refractivity contribution >= 4 is 0 Å². The van der Waals surface area contributed by atoms with E-state index in [1.807, 2.05) is 18.2 Å². The molecule has 1 N–H and O–H groups in total. The van der Waals surface area contributed by atoms with Gasteiger partial charge >= 0.3 is 0 Å². The van der Waals surface area contributed by atoms with E-state index in [1.165, 1.54) is 31.2 Å². The third-order valence-electron chi connectivity index (χ3n) is 3.09. The summed E-state index contributed by atoms with van der Waals surface area (Å²) >= 11 is 0.